The molecule has 1 heterocycles. The third kappa shape index (κ3) is 1.44. The van der Waals surface area contributed by atoms with Crippen LogP contribution in [0.25, 0.3) is 0 Å². The Balaban J connectivity index is 2.47. The van der Waals surface area contributed by atoms with Crippen LogP contribution in [0.1, 0.15) is 18.0 Å². The fourth-order valence-electron chi connectivity index (χ4n) is 1.52. The molecule has 0 spiro atoms. The van der Waals surface area contributed by atoms with Gasteiger partial charge in [0, 0.05) is 18.1 Å². The van der Waals surface area contributed by atoms with Gasteiger partial charge in [-0.3, -0.25) is 0 Å². The van der Waals surface area contributed by atoms with E-state index >= 15 is 0 Å². The molecule has 0 saturated carbocycles. The predicted molar refractivity (Wildman–Crippen MR) is 44.1 cm³/mol. The lowest BCUT2D eigenvalue weighted by Crippen LogP contribution is -2.24. The number of hydrogen-bond donors (Lipinski definition) is 2. The molecular weight excluding hydrogens is 192 g/mol. The zero-order valence-electron chi connectivity index (χ0n) is 7.26. The van der Waals surface area contributed by atoms with E-state index in [0.717, 1.165) is 12.1 Å². The summed E-state index contributed by atoms with van der Waals surface area (Å²) in [5.74, 6) is -1.60. The Kier molecular flexibility index (Phi) is 2.35. The van der Waals surface area contributed by atoms with Gasteiger partial charge in [0.25, 0.3) is 0 Å². The summed E-state index contributed by atoms with van der Waals surface area (Å²) in [5, 5.41) is 8.78. The van der Waals surface area contributed by atoms with Crippen LogP contribution in [0.5, 0.6) is 5.75 Å². The number of hydroxylamine groups is 1. The molecule has 2 rings (SSSR count). The van der Waals surface area contributed by atoms with Gasteiger partial charge in [-0.2, -0.15) is 5.48 Å². The summed E-state index contributed by atoms with van der Waals surface area (Å²) in [5.41, 5.74) is 2.48. The Bertz CT molecular complexity index is 357. The van der Waals surface area contributed by atoms with Crippen molar-refractivity contribution in [3.05, 3.63) is 29.3 Å². The Labute approximate surface area is 79.3 Å². The van der Waals surface area contributed by atoms with Gasteiger partial charge in [0.2, 0.25) is 0 Å². The van der Waals surface area contributed by atoms with E-state index in [1.54, 1.807) is 0 Å². The SMILES string of the molecule is ON[C@H]1CCOc2cc(F)c(F)cc21. The standard InChI is InChI=1S/C9H9F2NO2/c10-6-3-5-8(12-13)1-2-14-9(5)4-7(6)11/h3-4,8,12-13H,1-2H2/t8-/m0/s1. The minimum absolute atomic E-state index is 0.279. The van der Waals surface area contributed by atoms with Gasteiger partial charge >= 0.3 is 0 Å². The summed E-state index contributed by atoms with van der Waals surface area (Å²) in [6, 6.07) is 1.64. The molecule has 0 fully saturated rings. The highest BCUT2D eigenvalue weighted by Gasteiger charge is 2.23. The fourth-order valence-corrected chi connectivity index (χ4v) is 1.52. The molecule has 1 atom stereocenters. The number of hydrogen-bond acceptors (Lipinski definition) is 3. The average Bonchev–Trinajstić information content (AvgIpc) is 2.19. The number of fused-ring (bicyclic) bond motifs is 1. The molecule has 5 heteroatoms. The van der Waals surface area contributed by atoms with Crippen molar-refractivity contribution in [2.75, 3.05) is 6.61 Å². The zero-order chi connectivity index (χ0) is 10.1. The van der Waals surface area contributed by atoms with Gasteiger partial charge < -0.3 is 9.94 Å². The smallest absolute Gasteiger partial charge is 0.162 e. The highest BCUT2D eigenvalue weighted by molar-refractivity contribution is 5.38. The second-order valence-electron chi connectivity index (χ2n) is 3.12. The van der Waals surface area contributed by atoms with Crippen molar-refractivity contribution < 1.29 is 18.7 Å². The molecule has 1 aliphatic heterocycles. The van der Waals surface area contributed by atoms with Gasteiger partial charge in [0.1, 0.15) is 5.75 Å². The fraction of sp³-hybridized carbons (Fsp3) is 0.333. The van der Waals surface area contributed by atoms with Crippen LogP contribution in [0, 0.1) is 11.6 Å². The normalized spacial score (nSPS) is 20.1. The van der Waals surface area contributed by atoms with Crippen LogP contribution in [0.15, 0.2) is 12.1 Å². The first-order valence-electron chi connectivity index (χ1n) is 4.23. The Morgan fingerprint density at radius 2 is 2.07 bits per heavy atom. The van der Waals surface area contributed by atoms with Crippen molar-refractivity contribution in [1.29, 1.82) is 0 Å². The van der Waals surface area contributed by atoms with Crippen LogP contribution in [-0.4, -0.2) is 11.8 Å². The number of ether oxygens (including phenoxy) is 1. The number of benzene rings is 1. The second kappa shape index (κ2) is 3.51. The van der Waals surface area contributed by atoms with E-state index in [0.29, 0.717) is 18.6 Å². The predicted octanol–water partition coefficient (Wildman–Crippen LogP) is 1.77. The van der Waals surface area contributed by atoms with Crippen LogP contribution in [0.2, 0.25) is 0 Å². The Morgan fingerprint density at radius 1 is 1.36 bits per heavy atom. The zero-order valence-corrected chi connectivity index (χ0v) is 7.26. The van der Waals surface area contributed by atoms with Crippen LogP contribution in [-0.2, 0) is 0 Å². The van der Waals surface area contributed by atoms with Gasteiger partial charge in [-0.25, -0.2) is 8.78 Å². The van der Waals surface area contributed by atoms with Crippen molar-refractivity contribution in [2.45, 2.75) is 12.5 Å². The maximum absolute atomic E-state index is 12.9. The van der Waals surface area contributed by atoms with Crippen LogP contribution in [0.3, 0.4) is 0 Å². The monoisotopic (exact) mass is 201 g/mol. The van der Waals surface area contributed by atoms with Gasteiger partial charge in [-0.15, -0.1) is 0 Å². The molecule has 1 aromatic carbocycles. The van der Waals surface area contributed by atoms with E-state index in [2.05, 4.69) is 0 Å². The molecule has 3 nitrogen and oxygen atoms in total. The third-order valence-corrected chi connectivity index (χ3v) is 2.25. The van der Waals surface area contributed by atoms with E-state index in [1.165, 1.54) is 0 Å². The molecule has 14 heavy (non-hydrogen) atoms. The summed E-state index contributed by atoms with van der Waals surface area (Å²) in [6.45, 7) is 0.371. The summed E-state index contributed by atoms with van der Waals surface area (Å²) in [7, 11) is 0. The lowest BCUT2D eigenvalue weighted by atomic mass is 10.0. The summed E-state index contributed by atoms with van der Waals surface area (Å²) in [6.07, 6.45) is 0.522. The van der Waals surface area contributed by atoms with Crippen molar-refractivity contribution in [3.8, 4) is 5.75 Å². The first-order chi connectivity index (χ1) is 6.72. The quantitative estimate of drug-likeness (QED) is 0.680. The number of nitrogens with one attached hydrogen (secondary N) is 1. The average molecular weight is 201 g/mol. The molecule has 1 aliphatic rings. The molecule has 0 aromatic heterocycles. The highest BCUT2D eigenvalue weighted by atomic mass is 19.2. The van der Waals surface area contributed by atoms with Crippen LogP contribution in [0.4, 0.5) is 8.78 Å². The topological polar surface area (TPSA) is 41.5 Å². The van der Waals surface area contributed by atoms with E-state index in [9.17, 15) is 8.78 Å². The molecule has 2 N–H and O–H groups in total. The number of rotatable bonds is 1. The second-order valence-corrected chi connectivity index (χ2v) is 3.12. The van der Waals surface area contributed by atoms with Crippen molar-refractivity contribution in [1.82, 2.24) is 5.48 Å². The van der Waals surface area contributed by atoms with E-state index < -0.39 is 17.7 Å². The summed E-state index contributed by atoms with van der Waals surface area (Å²) < 4.78 is 30.8. The third-order valence-electron chi connectivity index (χ3n) is 2.25. The van der Waals surface area contributed by atoms with Gasteiger partial charge in [-0.1, -0.05) is 0 Å². The number of halogens is 2. The Morgan fingerprint density at radius 3 is 2.79 bits per heavy atom. The molecular formula is C9H9F2NO2. The molecule has 76 valence electrons. The first-order valence-corrected chi connectivity index (χ1v) is 4.23. The molecule has 0 bridgehead atoms. The molecule has 0 radical (unpaired) electrons. The van der Waals surface area contributed by atoms with Crippen LogP contribution < -0.4 is 10.2 Å². The largest absolute Gasteiger partial charge is 0.493 e. The van der Waals surface area contributed by atoms with Crippen molar-refractivity contribution >= 4 is 0 Å². The lowest BCUT2D eigenvalue weighted by Gasteiger charge is -2.24. The summed E-state index contributed by atoms with van der Waals surface area (Å²) in [4.78, 5) is 0. The molecule has 0 amide bonds. The molecule has 0 unspecified atom stereocenters. The van der Waals surface area contributed by atoms with E-state index in [1.807, 2.05) is 5.48 Å². The maximum Gasteiger partial charge on any atom is 0.162 e. The van der Waals surface area contributed by atoms with Crippen molar-refractivity contribution in [2.24, 2.45) is 0 Å². The minimum atomic E-state index is -0.942. The highest BCUT2D eigenvalue weighted by Crippen LogP contribution is 2.33. The van der Waals surface area contributed by atoms with Gasteiger partial charge in [0.15, 0.2) is 11.6 Å². The van der Waals surface area contributed by atoms with Crippen LogP contribution >= 0.6 is 0 Å². The lowest BCUT2D eigenvalue weighted by molar-refractivity contribution is 0.100. The summed E-state index contributed by atoms with van der Waals surface area (Å²) >= 11 is 0. The Hall–Kier alpha value is -1.20. The molecule has 1 aromatic rings. The maximum atomic E-state index is 12.9. The van der Waals surface area contributed by atoms with Gasteiger partial charge in [0.05, 0.1) is 12.6 Å². The first kappa shape index (κ1) is 9.36. The molecule has 0 saturated heterocycles. The van der Waals surface area contributed by atoms with Gasteiger partial charge in [-0.05, 0) is 6.07 Å². The van der Waals surface area contributed by atoms with Crippen molar-refractivity contribution in [3.63, 3.8) is 0 Å². The molecule has 0 aliphatic carbocycles. The van der Waals surface area contributed by atoms with E-state index in [-0.39, 0.29) is 5.75 Å². The minimum Gasteiger partial charge on any atom is -0.493 e. The van der Waals surface area contributed by atoms with E-state index in [4.69, 9.17) is 9.94 Å².